The van der Waals surface area contributed by atoms with Gasteiger partial charge in [-0.1, -0.05) is 0 Å². The van der Waals surface area contributed by atoms with Crippen molar-refractivity contribution < 1.29 is 14.3 Å². The molecule has 2 fully saturated rings. The van der Waals surface area contributed by atoms with Crippen LogP contribution in [0.2, 0.25) is 0 Å². The normalized spacial score (nSPS) is 17.8. The van der Waals surface area contributed by atoms with Crippen molar-refractivity contribution in [1.29, 1.82) is 0 Å². The summed E-state index contributed by atoms with van der Waals surface area (Å²) in [5, 5.41) is 9.31. The molecule has 2 aromatic rings. The molecule has 2 aliphatic rings. The molecular weight excluding hydrogens is 325 g/mol. The SMILES string of the molecule is Cc1c(N2CC(CN)C2)c(F)cn2c(=O)c(C(=O)O)cc(C3CC3)c12. The molecular formula is C18H20FN3O3. The number of carboxylic acid groups (broad SMARTS) is 1. The zero-order chi connectivity index (χ0) is 17.9. The summed E-state index contributed by atoms with van der Waals surface area (Å²) in [7, 11) is 0. The van der Waals surface area contributed by atoms with Crippen molar-refractivity contribution in [3.63, 3.8) is 0 Å². The van der Waals surface area contributed by atoms with Crippen LogP contribution in [-0.4, -0.2) is 35.1 Å². The van der Waals surface area contributed by atoms with E-state index in [2.05, 4.69) is 0 Å². The fourth-order valence-corrected chi connectivity index (χ4v) is 3.79. The van der Waals surface area contributed by atoms with Crippen LogP contribution in [0.1, 0.15) is 40.2 Å². The molecule has 25 heavy (non-hydrogen) atoms. The van der Waals surface area contributed by atoms with Gasteiger partial charge in [0, 0.05) is 19.0 Å². The number of pyridine rings is 2. The second-order valence-corrected chi connectivity index (χ2v) is 7.07. The van der Waals surface area contributed by atoms with Crippen LogP contribution in [0.15, 0.2) is 17.1 Å². The van der Waals surface area contributed by atoms with Crippen molar-refractivity contribution in [1.82, 2.24) is 4.40 Å². The lowest BCUT2D eigenvalue weighted by atomic mass is 9.96. The van der Waals surface area contributed by atoms with Crippen LogP contribution in [0.3, 0.4) is 0 Å². The number of aromatic carboxylic acids is 1. The Balaban J connectivity index is 1.97. The quantitative estimate of drug-likeness (QED) is 0.881. The van der Waals surface area contributed by atoms with Gasteiger partial charge in [0.1, 0.15) is 5.56 Å². The third kappa shape index (κ3) is 2.41. The molecule has 1 saturated heterocycles. The van der Waals surface area contributed by atoms with E-state index in [-0.39, 0.29) is 11.5 Å². The predicted octanol–water partition coefficient (Wildman–Crippen LogP) is 1.72. The minimum absolute atomic E-state index is 0.235. The van der Waals surface area contributed by atoms with Crippen molar-refractivity contribution in [2.45, 2.75) is 25.7 Å². The van der Waals surface area contributed by atoms with Crippen molar-refractivity contribution in [2.75, 3.05) is 24.5 Å². The Labute approximate surface area is 143 Å². The summed E-state index contributed by atoms with van der Waals surface area (Å²) in [6.07, 6.45) is 3.05. The lowest BCUT2D eigenvalue weighted by Crippen LogP contribution is -2.50. The molecule has 1 aliphatic carbocycles. The Hall–Kier alpha value is -2.41. The molecule has 6 nitrogen and oxygen atoms in total. The first-order chi connectivity index (χ1) is 11.9. The number of rotatable bonds is 4. The molecule has 0 aromatic carbocycles. The minimum atomic E-state index is -1.28. The monoisotopic (exact) mass is 345 g/mol. The number of aryl methyl sites for hydroxylation is 1. The predicted molar refractivity (Wildman–Crippen MR) is 92.1 cm³/mol. The molecule has 0 spiro atoms. The van der Waals surface area contributed by atoms with Crippen LogP contribution < -0.4 is 16.2 Å². The number of nitrogens with zero attached hydrogens (tertiary/aromatic N) is 2. The molecule has 2 aromatic heterocycles. The Morgan fingerprint density at radius 2 is 2.08 bits per heavy atom. The van der Waals surface area contributed by atoms with Crippen molar-refractivity contribution in [3.8, 4) is 0 Å². The Morgan fingerprint density at radius 1 is 1.40 bits per heavy atom. The standard InChI is InChI=1S/C18H20FN3O3/c1-9-15-12(11-2-3-11)4-13(18(24)25)17(23)22(15)8-14(19)16(9)21-6-10(5-20)7-21/h4,8,10-11H,2-3,5-7,20H2,1H3,(H,24,25). The second-order valence-electron chi connectivity index (χ2n) is 7.07. The van der Waals surface area contributed by atoms with Crippen LogP contribution in [-0.2, 0) is 0 Å². The highest BCUT2D eigenvalue weighted by Crippen LogP contribution is 2.44. The molecule has 0 bridgehead atoms. The molecule has 132 valence electrons. The number of fused-ring (bicyclic) bond motifs is 1. The summed E-state index contributed by atoms with van der Waals surface area (Å²) in [6.45, 7) is 3.76. The van der Waals surface area contributed by atoms with Crippen molar-refractivity contribution in [2.24, 2.45) is 11.7 Å². The van der Waals surface area contributed by atoms with E-state index in [0.717, 1.165) is 24.6 Å². The van der Waals surface area contributed by atoms with Gasteiger partial charge < -0.3 is 15.7 Å². The summed E-state index contributed by atoms with van der Waals surface area (Å²) >= 11 is 0. The number of halogens is 1. The Morgan fingerprint density at radius 3 is 2.64 bits per heavy atom. The Bertz CT molecular complexity index is 943. The number of carboxylic acids is 1. The molecule has 0 atom stereocenters. The molecule has 3 N–H and O–H groups in total. The third-order valence-corrected chi connectivity index (χ3v) is 5.30. The highest BCUT2D eigenvalue weighted by atomic mass is 19.1. The van der Waals surface area contributed by atoms with E-state index >= 15 is 0 Å². The molecule has 0 radical (unpaired) electrons. The molecule has 7 heteroatoms. The van der Waals surface area contributed by atoms with Crippen LogP contribution in [0.5, 0.6) is 0 Å². The van der Waals surface area contributed by atoms with Gasteiger partial charge in [0.05, 0.1) is 17.4 Å². The van der Waals surface area contributed by atoms with Gasteiger partial charge in [-0.25, -0.2) is 9.18 Å². The third-order valence-electron chi connectivity index (χ3n) is 5.30. The van der Waals surface area contributed by atoms with E-state index in [4.69, 9.17) is 5.73 Å². The van der Waals surface area contributed by atoms with Gasteiger partial charge >= 0.3 is 5.97 Å². The van der Waals surface area contributed by atoms with E-state index in [0.29, 0.717) is 42.3 Å². The second kappa shape index (κ2) is 5.56. The summed E-state index contributed by atoms with van der Waals surface area (Å²) in [5.74, 6) is -1.20. The first-order valence-corrected chi connectivity index (χ1v) is 8.49. The molecule has 0 unspecified atom stereocenters. The maximum Gasteiger partial charge on any atom is 0.341 e. The lowest BCUT2D eigenvalue weighted by Gasteiger charge is -2.41. The largest absolute Gasteiger partial charge is 0.477 e. The summed E-state index contributed by atoms with van der Waals surface area (Å²) in [6, 6.07) is 1.48. The summed E-state index contributed by atoms with van der Waals surface area (Å²) < 4.78 is 15.9. The number of carbonyl (C=O) groups is 1. The first-order valence-electron chi connectivity index (χ1n) is 8.49. The van der Waals surface area contributed by atoms with Gasteiger partial charge in [-0.15, -0.1) is 0 Å². The van der Waals surface area contributed by atoms with Gasteiger partial charge in [-0.3, -0.25) is 9.20 Å². The zero-order valence-electron chi connectivity index (χ0n) is 14.0. The number of aromatic nitrogens is 1. The van der Waals surface area contributed by atoms with E-state index in [1.165, 1.54) is 10.5 Å². The van der Waals surface area contributed by atoms with Gasteiger partial charge in [0.25, 0.3) is 5.56 Å². The number of nitrogens with two attached hydrogens (primary N) is 1. The average Bonchev–Trinajstić information content (AvgIpc) is 3.34. The van der Waals surface area contributed by atoms with E-state index in [1.807, 2.05) is 4.90 Å². The fourth-order valence-electron chi connectivity index (χ4n) is 3.79. The average molecular weight is 345 g/mol. The van der Waals surface area contributed by atoms with Crippen LogP contribution in [0.25, 0.3) is 5.52 Å². The lowest BCUT2D eigenvalue weighted by molar-refractivity contribution is 0.0694. The molecule has 4 rings (SSSR count). The first kappa shape index (κ1) is 16.1. The van der Waals surface area contributed by atoms with Crippen molar-refractivity contribution >= 4 is 17.2 Å². The minimum Gasteiger partial charge on any atom is -0.477 e. The topological polar surface area (TPSA) is 88.0 Å². The van der Waals surface area contributed by atoms with Gasteiger partial charge in [0.2, 0.25) is 0 Å². The Kier molecular flexibility index (Phi) is 3.57. The van der Waals surface area contributed by atoms with Crippen molar-refractivity contribution in [3.05, 3.63) is 45.1 Å². The van der Waals surface area contributed by atoms with E-state index in [1.54, 1.807) is 6.92 Å². The molecule has 0 amide bonds. The van der Waals surface area contributed by atoms with Crippen LogP contribution in [0, 0.1) is 18.7 Å². The van der Waals surface area contributed by atoms with Gasteiger partial charge in [0.15, 0.2) is 5.82 Å². The summed E-state index contributed by atoms with van der Waals surface area (Å²) in [4.78, 5) is 25.9. The fraction of sp³-hybridized carbons (Fsp3) is 0.444. The maximum absolute atomic E-state index is 14.8. The number of hydrogen-bond donors (Lipinski definition) is 2. The van der Waals surface area contributed by atoms with Gasteiger partial charge in [-0.05, 0) is 49.4 Å². The maximum atomic E-state index is 14.8. The molecule has 1 aliphatic heterocycles. The zero-order valence-corrected chi connectivity index (χ0v) is 14.0. The highest BCUT2D eigenvalue weighted by Gasteiger charge is 2.33. The van der Waals surface area contributed by atoms with E-state index < -0.39 is 17.3 Å². The van der Waals surface area contributed by atoms with Crippen LogP contribution >= 0.6 is 0 Å². The number of hydrogen-bond acceptors (Lipinski definition) is 4. The highest BCUT2D eigenvalue weighted by molar-refractivity contribution is 5.89. The van der Waals surface area contributed by atoms with Crippen LogP contribution in [0.4, 0.5) is 10.1 Å². The summed E-state index contributed by atoms with van der Waals surface area (Å²) in [5.41, 5.74) is 7.31. The molecule has 3 heterocycles. The van der Waals surface area contributed by atoms with Gasteiger partial charge in [-0.2, -0.15) is 0 Å². The number of anilines is 1. The molecule has 1 saturated carbocycles. The smallest absolute Gasteiger partial charge is 0.341 e. The van der Waals surface area contributed by atoms with E-state index in [9.17, 15) is 19.1 Å².